The normalized spacial score (nSPS) is 17.8. The van der Waals surface area contributed by atoms with Gasteiger partial charge in [0, 0.05) is 6.04 Å². The second-order valence-corrected chi connectivity index (χ2v) is 6.00. The molecule has 1 aromatic carbocycles. The van der Waals surface area contributed by atoms with Gasteiger partial charge in [-0.05, 0) is 44.4 Å². The maximum atomic E-state index is 12.7. The van der Waals surface area contributed by atoms with Gasteiger partial charge < -0.3 is 10.1 Å². The van der Waals surface area contributed by atoms with Crippen molar-refractivity contribution in [1.29, 1.82) is 0 Å². The molecule has 110 valence electrons. The molecule has 1 aliphatic carbocycles. The molecule has 0 radical (unpaired) electrons. The topological polar surface area (TPSA) is 38.3 Å². The predicted octanol–water partition coefficient (Wildman–Crippen LogP) is 3.42. The van der Waals surface area contributed by atoms with Crippen LogP contribution in [0.3, 0.4) is 0 Å². The Hall–Kier alpha value is -1.51. The lowest BCUT2D eigenvalue weighted by Crippen LogP contribution is -2.48. The number of rotatable bonds is 4. The Bertz CT molecular complexity index is 445. The van der Waals surface area contributed by atoms with Gasteiger partial charge in [-0.25, -0.2) is 0 Å². The van der Waals surface area contributed by atoms with Crippen molar-refractivity contribution in [3.8, 4) is 5.75 Å². The second kappa shape index (κ2) is 6.29. The molecule has 20 heavy (non-hydrogen) atoms. The smallest absolute Gasteiger partial charge is 0.230 e. The van der Waals surface area contributed by atoms with Crippen LogP contribution in [0.5, 0.6) is 5.75 Å². The average molecular weight is 275 g/mol. The molecule has 0 saturated heterocycles. The van der Waals surface area contributed by atoms with E-state index in [9.17, 15) is 4.79 Å². The monoisotopic (exact) mass is 275 g/mol. The summed E-state index contributed by atoms with van der Waals surface area (Å²) in [6, 6.07) is 8.18. The fourth-order valence-corrected chi connectivity index (χ4v) is 3.11. The van der Waals surface area contributed by atoms with Crippen LogP contribution in [-0.4, -0.2) is 19.1 Å². The number of carbonyl (C=O) groups excluding carboxylic acids is 1. The molecule has 1 amide bonds. The van der Waals surface area contributed by atoms with Crippen molar-refractivity contribution in [2.45, 2.75) is 57.4 Å². The molecular formula is C17H25NO2. The Morgan fingerprint density at radius 1 is 1.15 bits per heavy atom. The van der Waals surface area contributed by atoms with Crippen LogP contribution in [-0.2, 0) is 10.2 Å². The molecule has 3 nitrogen and oxygen atoms in total. The van der Waals surface area contributed by atoms with E-state index in [1.54, 1.807) is 7.11 Å². The fraction of sp³-hybridized carbons (Fsp3) is 0.588. The highest BCUT2D eigenvalue weighted by Gasteiger charge is 2.41. The summed E-state index contributed by atoms with van der Waals surface area (Å²) in [6.45, 7) is 4.03. The summed E-state index contributed by atoms with van der Waals surface area (Å²) in [6.07, 6.45) is 5.36. The summed E-state index contributed by atoms with van der Waals surface area (Å²) in [4.78, 5) is 12.7. The standard InChI is InChI=1S/C17H25NO2/c1-13(2)18-16(19)17(11-5-4-6-12-17)14-7-9-15(20-3)10-8-14/h7-10,13H,4-6,11-12H2,1-3H3,(H,18,19). The van der Waals surface area contributed by atoms with E-state index in [1.807, 2.05) is 38.1 Å². The highest BCUT2D eigenvalue weighted by atomic mass is 16.5. The third-order valence-corrected chi connectivity index (χ3v) is 4.20. The molecule has 0 unspecified atom stereocenters. The van der Waals surface area contributed by atoms with Crippen LogP contribution in [0.25, 0.3) is 0 Å². The molecule has 0 heterocycles. The minimum atomic E-state index is -0.352. The molecule has 1 aliphatic rings. The van der Waals surface area contributed by atoms with E-state index in [1.165, 1.54) is 6.42 Å². The maximum absolute atomic E-state index is 12.7. The van der Waals surface area contributed by atoms with Crippen molar-refractivity contribution in [3.05, 3.63) is 29.8 Å². The lowest BCUT2D eigenvalue weighted by atomic mass is 9.68. The first kappa shape index (κ1) is 14.9. The minimum Gasteiger partial charge on any atom is -0.497 e. The Morgan fingerprint density at radius 2 is 1.75 bits per heavy atom. The van der Waals surface area contributed by atoms with Gasteiger partial charge in [0.2, 0.25) is 5.91 Å². The molecule has 0 aliphatic heterocycles. The molecule has 0 aromatic heterocycles. The zero-order chi connectivity index (χ0) is 14.6. The first-order valence-corrected chi connectivity index (χ1v) is 7.54. The van der Waals surface area contributed by atoms with E-state index in [0.717, 1.165) is 37.0 Å². The molecule has 1 aromatic rings. The van der Waals surface area contributed by atoms with E-state index in [0.29, 0.717) is 0 Å². The lowest BCUT2D eigenvalue weighted by Gasteiger charge is -2.37. The lowest BCUT2D eigenvalue weighted by molar-refractivity contribution is -0.128. The number of carbonyl (C=O) groups is 1. The molecule has 0 spiro atoms. The minimum absolute atomic E-state index is 0.178. The van der Waals surface area contributed by atoms with E-state index < -0.39 is 0 Å². The third-order valence-electron chi connectivity index (χ3n) is 4.20. The van der Waals surface area contributed by atoms with Gasteiger partial charge in [0.25, 0.3) is 0 Å². The summed E-state index contributed by atoms with van der Waals surface area (Å²) in [7, 11) is 1.66. The molecule has 2 rings (SSSR count). The van der Waals surface area contributed by atoms with Crippen molar-refractivity contribution in [2.24, 2.45) is 0 Å². The summed E-state index contributed by atoms with van der Waals surface area (Å²) < 4.78 is 5.21. The van der Waals surface area contributed by atoms with Crippen LogP contribution in [0.15, 0.2) is 24.3 Å². The largest absolute Gasteiger partial charge is 0.497 e. The number of ether oxygens (including phenoxy) is 1. The van der Waals surface area contributed by atoms with Gasteiger partial charge in [0.1, 0.15) is 5.75 Å². The van der Waals surface area contributed by atoms with Crippen molar-refractivity contribution in [3.63, 3.8) is 0 Å². The van der Waals surface area contributed by atoms with E-state index in [-0.39, 0.29) is 17.4 Å². The van der Waals surface area contributed by atoms with Crippen LogP contribution in [0.1, 0.15) is 51.5 Å². The molecule has 1 saturated carbocycles. The van der Waals surface area contributed by atoms with Gasteiger partial charge in [0.15, 0.2) is 0 Å². The van der Waals surface area contributed by atoms with Gasteiger partial charge >= 0.3 is 0 Å². The number of methoxy groups -OCH3 is 1. The number of hydrogen-bond acceptors (Lipinski definition) is 2. The van der Waals surface area contributed by atoms with Gasteiger partial charge in [0.05, 0.1) is 12.5 Å². The molecule has 1 N–H and O–H groups in total. The molecule has 0 bridgehead atoms. The Balaban J connectivity index is 2.32. The average Bonchev–Trinajstić information content (AvgIpc) is 2.47. The quantitative estimate of drug-likeness (QED) is 0.914. The maximum Gasteiger partial charge on any atom is 0.230 e. The van der Waals surface area contributed by atoms with E-state index in [2.05, 4.69) is 5.32 Å². The highest BCUT2D eigenvalue weighted by molar-refractivity contribution is 5.88. The van der Waals surface area contributed by atoms with Crippen molar-refractivity contribution >= 4 is 5.91 Å². The zero-order valence-corrected chi connectivity index (χ0v) is 12.7. The van der Waals surface area contributed by atoms with Crippen LogP contribution < -0.4 is 10.1 Å². The SMILES string of the molecule is COc1ccc(C2(C(=O)NC(C)C)CCCCC2)cc1. The van der Waals surface area contributed by atoms with Gasteiger partial charge in [-0.15, -0.1) is 0 Å². The number of nitrogens with one attached hydrogen (secondary N) is 1. The Morgan fingerprint density at radius 3 is 2.25 bits per heavy atom. The van der Waals surface area contributed by atoms with E-state index >= 15 is 0 Å². The van der Waals surface area contributed by atoms with Crippen molar-refractivity contribution < 1.29 is 9.53 Å². The number of benzene rings is 1. The van der Waals surface area contributed by atoms with Crippen LogP contribution in [0, 0.1) is 0 Å². The Labute approximate surface area is 121 Å². The first-order chi connectivity index (χ1) is 9.58. The Kier molecular flexibility index (Phi) is 4.69. The molecule has 3 heteroatoms. The van der Waals surface area contributed by atoms with Gasteiger partial charge in [-0.1, -0.05) is 31.4 Å². The molecule has 1 fully saturated rings. The highest BCUT2D eigenvalue weighted by Crippen LogP contribution is 2.40. The van der Waals surface area contributed by atoms with Crippen molar-refractivity contribution in [2.75, 3.05) is 7.11 Å². The fourth-order valence-electron chi connectivity index (χ4n) is 3.11. The molecule has 0 atom stereocenters. The van der Waals surface area contributed by atoms with Crippen LogP contribution >= 0.6 is 0 Å². The summed E-state index contributed by atoms with van der Waals surface area (Å²) in [5, 5.41) is 3.11. The van der Waals surface area contributed by atoms with Crippen LogP contribution in [0.4, 0.5) is 0 Å². The number of amides is 1. The second-order valence-electron chi connectivity index (χ2n) is 6.00. The third kappa shape index (κ3) is 2.97. The van der Waals surface area contributed by atoms with Gasteiger partial charge in [-0.3, -0.25) is 4.79 Å². The summed E-state index contributed by atoms with van der Waals surface area (Å²) >= 11 is 0. The predicted molar refractivity (Wildman–Crippen MR) is 81.0 cm³/mol. The van der Waals surface area contributed by atoms with Crippen LogP contribution in [0.2, 0.25) is 0 Å². The van der Waals surface area contributed by atoms with Gasteiger partial charge in [-0.2, -0.15) is 0 Å². The molecular weight excluding hydrogens is 250 g/mol. The number of hydrogen-bond donors (Lipinski definition) is 1. The zero-order valence-electron chi connectivity index (χ0n) is 12.7. The first-order valence-electron chi connectivity index (χ1n) is 7.54. The van der Waals surface area contributed by atoms with Crippen molar-refractivity contribution in [1.82, 2.24) is 5.32 Å². The summed E-state index contributed by atoms with van der Waals surface area (Å²) in [5.74, 6) is 1.02. The summed E-state index contributed by atoms with van der Waals surface area (Å²) in [5.41, 5.74) is 0.769. The van der Waals surface area contributed by atoms with E-state index in [4.69, 9.17) is 4.74 Å².